The van der Waals surface area contributed by atoms with Gasteiger partial charge in [-0.2, -0.15) is 0 Å². The minimum absolute atomic E-state index is 0.0787. The zero-order chi connectivity index (χ0) is 63.6. The molecule has 0 atom stereocenters. The minimum atomic E-state index is -0.0787. The number of nitrogens with zero attached hydrogens (tertiary/aromatic N) is 4. The predicted molar refractivity (Wildman–Crippen MR) is 402 cm³/mol. The summed E-state index contributed by atoms with van der Waals surface area (Å²) in [5.74, 6) is 0.640. The van der Waals surface area contributed by atoms with Crippen LogP contribution in [0.15, 0.2) is 322 Å². The number of anilines is 6. The summed E-state index contributed by atoms with van der Waals surface area (Å²) in [7, 11) is 0. The standard InChI is InChI=1S/C90H71BN4/c1-3-5-25-62-39-49-81-85(51-62)94(79-45-41-70(42-46-79)64-27-13-7-14-28-64)87-59-77(60-88-89(87)91(81)82-50-40-63(26-6-4-2)52-86(82)95(88)80-47-43-71(44-48-80)65-29-15-8-16-30-65)84-61-83(76-55-72(66-31-17-9-18-32-66)53-73(56-76)67-33-19-10-20-34-67)92-90(93-84)78-57-74(68-35-21-11-22-36-68)54-75(58-78)69-37-23-12-24-38-69/h7-24,27-61H,3-6,25-26H2,1-2H3. The van der Waals surface area contributed by atoms with Crippen LogP contribution in [0, 0.1) is 0 Å². The maximum atomic E-state index is 5.91. The van der Waals surface area contributed by atoms with Gasteiger partial charge in [0.05, 0.1) is 11.4 Å². The number of hydrogen-bond donors (Lipinski definition) is 0. The molecular weight excluding hydrogens is 1150 g/mol. The van der Waals surface area contributed by atoms with Crippen LogP contribution in [0.25, 0.3) is 101 Å². The summed E-state index contributed by atoms with van der Waals surface area (Å²) in [4.78, 5) is 16.8. The Bertz CT molecular complexity index is 4630. The number of unbranched alkanes of at least 4 members (excludes halogenated alkanes) is 2. The van der Waals surface area contributed by atoms with Crippen LogP contribution in [0.4, 0.5) is 34.1 Å². The Morgan fingerprint density at radius 3 is 0.916 bits per heavy atom. The molecule has 0 saturated carbocycles. The van der Waals surface area contributed by atoms with Gasteiger partial charge in [0.2, 0.25) is 0 Å². The molecule has 2 aliphatic heterocycles. The zero-order valence-corrected chi connectivity index (χ0v) is 53.7. The summed E-state index contributed by atoms with van der Waals surface area (Å²) >= 11 is 0. The van der Waals surface area contributed by atoms with Gasteiger partial charge in [-0.3, -0.25) is 0 Å². The molecule has 0 unspecified atom stereocenters. The fraction of sp³-hybridized carbons (Fsp3) is 0.0889. The summed E-state index contributed by atoms with van der Waals surface area (Å²) in [6.07, 6.45) is 6.46. The molecule has 0 fully saturated rings. The van der Waals surface area contributed by atoms with Crippen LogP contribution in [0.1, 0.15) is 50.7 Å². The van der Waals surface area contributed by atoms with E-state index in [-0.39, 0.29) is 6.71 Å². The molecule has 14 aromatic rings. The molecule has 3 heterocycles. The number of hydrogen-bond acceptors (Lipinski definition) is 4. The summed E-state index contributed by atoms with van der Waals surface area (Å²) in [5, 5.41) is 0. The first-order valence-corrected chi connectivity index (χ1v) is 33.8. The van der Waals surface area contributed by atoms with Gasteiger partial charge >= 0.3 is 0 Å². The van der Waals surface area contributed by atoms with Gasteiger partial charge in [-0.25, -0.2) is 9.97 Å². The summed E-state index contributed by atoms with van der Waals surface area (Å²) < 4.78 is 0. The molecule has 1 aromatic heterocycles. The number of benzene rings is 13. The van der Waals surface area contributed by atoms with Crippen molar-refractivity contribution in [1.29, 1.82) is 0 Å². The predicted octanol–water partition coefficient (Wildman–Crippen LogP) is 22.2. The second-order valence-corrected chi connectivity index (χ2v) is 25.4. The smallest absolute Gasteiger partial charge is 0.252 e. The van der Waals surface area contributed by atoms with E-state index >= 15 is 0 Å². The molecule has 0 radical (unpaired) electrons. The van der Waals surface area contributed by atoms with Crippen LogP contribution < -0.4 is 26.2 Å². The molecule has 0 bridgehead atoms. The lowest BCUT2D eigenvalue weighted by Crippen LogP contribution is -2.61. The van der Waals surface area contributed by atoms with E-state index in [0.29, 0.717) is 5.82 Å². The third kappa shape index (κ3) is 11.7. The highest BCUT2D eigenvalue weighted by molar-refractivity contribution is 7.00. The van der Waals surface area contributed by atoms with Crippen molar-refractivity contribution in [3.05, 3.63) is 333 Å². The fourth-order valence-electron chi connectivity index (χ4n) is 14.3. The highest BCUT2D eigenvalue weighted by Gasteiger charge is 2.44. The highest BCUT2D eigenvalue weighted by Crippen LogP contribution is 2.48. The molecule has 16 rings (SSSR count). The van der Waals surface area contributed by atoms with Crippen LogP contribution in [0.5, 0.6) is 0 Å². The van der Waals surface area contributed by atoms with Crippen molar-refractivity contribution in [3.8, 4) is 101 Å². The number of aromatic nitrogens is 2. The second kappa shape index (κ2) is 25.9. The zero-order valence-electron chi connectivity index (χ0n) is 53.7. The van der Waals surface area contributed by atoms with Crippen molar-refractivity contribution in [3.63, 3.8) is 0 Å². The number of aryl methyl sites for hydroxylation is 2. The van der Waals surface area contributed by atoms with Gasteiger partial charge in [-0.1, -0.05) is 257 Å². The van der Waals surface area contributed by atoms with E-state index in [1.807, 2.05) is 0 Å². The molecule has 4 nitrogen and oxygen atoms in total. The van der Waals surface area contributed by atoms with E-state index in [1.54, 1.807) is 0 Å². The summed E-state index contributed by atoms with van der Waals surface area (Å²) in [6.45, 7) is 4.51. The maximum Gasteiger partial charge on any atom is 0.252 e. The Labute approximate surface area is 559 Å². The van der Waals surface area contributed by atoms with Gasteiger partial charge in [0.15, 0.2) is 5.82 Å². The van der Waals surface area contributed by atoms with Crippen molar-refractivity contribution < 1.29 is 0 Å². The topological polar surface area (TPSA) is 32.3 Å². The molecule has 13 aromatic carbocycles. The highest BCUT2D eigenvalue weighted by atomic mass is 15.2. The van der Waals surface area contributed by atoms with Crippen molar-refractivity contribution >= 4 is 57.2 Å². The first-order valence-electron chi connectivity index (χ1n) is 33.8. The Balaban J connectivity index is 0.998. The van der Waals surface area contributed by atoms with Gasteiger partial charge in [-0.05, 0) is 211 Å². The molecule has 5 heteroatoms. The average molecular weight is 1220 g/mol. The van der Waals surface area contributed by atoms with E-state index in [1.165, 1.54) is 61.1 Å². The Hall–Kier alpha value is -11.4. The molecule has 0 spiro atoms. The van der Waals surface area contributed by atoms with Crippen molar-refractivity contribution in [2.45, 2.75) is 52.4 Å². The Morgan fingerprint density at radius 1 is 0.263 bits per heavy atom. The molecule has 0 amide bonds. The monoisotopic (exact) mass is 1220 g/mol. The Morgan fingerprint density at radius 2 is 0.568 bits per heavy atom. The average Bonchev–Trinajstić information content (AvgIpc) is 0.696. The SMILES string of the molecule is CCCCc1ccc2c(c1)N(c1ccc(-c3ccccc3)cc1)c1cc(-c3cc(-c4cc(-c5ccccc5)cc(-c5ccccc5)c4)nc(-c4cc(-c5ccccc5)cc(-c5ccccc5)c4)n3)cc3c1B2c1ccc(CCCC)cc1N3c1ccc(-c2ccccc2)cc1. The van der Waals surface area contributed by atoms with E-state index in [9.17, 15) is 0 Å². The third-order valence-electron chi connectivity index (χ3n) is 19.2. The third-order valence-corrected chi connectivity index (χ3v) is 19.2. The van der Waals surface area contributed by atoms with Gasteiger partial charge in [0.25, 0.3) is 6.71 Å². The lowest BCUT2D eigenvalue weighted by molar-refractivity contribution is 0.795. The molecule has 95 heavy (non-hydrogen) atoms. The first kappa shape index (κ1) is 58.7. The Kier molecular flexibility index (Phi) is 16.0. The maximum absolute atomic E-state index is 5.91. The van der Waals surface area contributed by atoms with E-state index in [0.717, 1.165) is 134 Å². The largest absolute Gasteiger partial charge is 0.311 e. The molecule has 454 valence electrons. The van der Waals surface area contributed by atoms with Crippen LogP contribution in [-0.4, -0.2) is 16.7 Å². The molecule has 0 aliphatic carbocycles. The van der Waals surface area contributed by atoms with E-state index in [4.69, 9.17) is 9.97 Å². The number of rotatable bonds is 17. The molecule has 0 saturated heterocycles. The molecule has 2 aliphatic rings. The summed E-state index contributed by atoms with van der Waals surface area (Å²) in [6, 6.07) is 119. The quantitative estimate of drug-likeness (QED) is 0.0851. The minimum Gasteiger partial charge on any atom is -0.311 e. The summed E-state index contributed by atoms with van der Waals surface area (Å²) in [5.41, 5.74) is 31.6. The fourth-order valence-corrected chi connectivity index (χ4v) is 14.3. The van der Waals surface area contributed by atoms with E-state index < -0.39 is 0 Å². The van der Waals surface area contributed by atoms with Crippen molar-refractivity contribution in [2.24, 2.45) is 0 Å². The van der Waals surface area contributed by atoms with Gasteiger partial charge < -0.3 is 9.80 Å². The van der Waals surface area contributed by atoms with Crippen LogP contribution in [0.2, 0.25) is 0 Å². The number of fused-ring (bicyclic) bond motifs is 4. The second-order valence-electron chi connectivity index (χ2n) is 25.4. The van der Waals surface area contributed by atoms with Crippen LogP contribution in [0.3, 0.4) is 0 Å². The van der Waals surface area contributed by atoms with Gasteiger partial charge in [-0.15, -0.1) is 0 Å². The molecule has 0 N–H and O–H groups in total. The van der Waals surface area contributed by atoms with Gasteiger partial charge in [0.1, 0.15) is 0 Å². The van der Waals surface area contributed by atoms with Gasteiger partial charge in [0, 0.05) is 50.8 Å². The molecular formula is C90H71BN4. The van der Waals surface area contributed by atoms with E-state index in [2.05, 4.69) is 345 Å². The van der Waals surface area contributed by atoms with Crippen molar-refractivity contribution in [2.75, 3.05) is 9.80 Å². The van der Waals surface area contributed by atoms with Crippen molar-refractivity contribution in [1.82, 2.24) is 9.97 Å². The van der Waals surface area contributed by atoms with Crippen LogP contribution in [-0.2, 0) is 12.8 Å². The lowest BCUT2D eigenvalue weighted by atomic mass is 9.33. The normalized spacial score (nSPS) is 12.1. The van der Waals surface area contributed by atoms with Crippen LogP contribution >= 0.6 is 0 Å². The first-order chi connectivity index (χ1) is 47.0. The lowest BCUT2D eigenvalue weighted by Gasteiger charge is -2.44.